The van der Waals surface area contributed by atoms with E-state index < -0.39 is 6.10 Å². The summed E-state index contributed by atoms with van der Waals surface area (Å²) in [5.74, 6) is 0.715. The first-order valence-corrected chi connectivity index (χ1v) is 5.81. The minimum absolute atomic E-state index is 0.0109. The Hall–Kier alpha value is -1.08. The second-order valence-electron chi connectivity index (χ2n) is 3.73. The first-order chi connectivity index (χ1) is 7.40. The van der Waals surface area contributed by atoms with Crippen LogP contribution in [0.5, 0.6) is 0 Å². The minimum Gasteiger partial charge on any atom is -0.392 e. The fourth-order valence-electron chi connectivity index (χ4n) is 0.878. The van der Waals surface area contributed by atoms with Crippen LogP contribution in [0.15, 0.2) is 5.16 Å². The maximum Gasteiger partial charge on any atom is 0.230 e. The second kappa shape index (κ2) is 5.31. The Bertz CT molecular complexity index is 358. The summed E-state index contributed by atoms with van der Waals surface area (Å²) in [5.41, 5.74) is 5.58. The van der Waals surface area contributed by atoms with Gasteiger partial charge in [0.15, 0.2) is 5.16 Å². The van der Waals surface area contributed by atoms with Gasteiger partial charge in [-0.2, -0.15) is 15.0 Å². The van der Waals surface area contributed by atoms with Gasteiger partial charge in [-0.3, -0.25) is 0 Å². The molecule has 6 nitrogen and oxygen atoms in total. The average molecular weight is 243 g/mol. The fourth-order valence-corrected chi connectivity index (χ4v) is 1.69. The zero-order valence-electron chi connectivity index (χ0n) is 9.88. The van der Waals surface area contributed by atoms with Gasteiger partial charge in [0, 0.05) is 19.3 Å². The highest BCUT2D eigenvalue weighted by Gasteiger charge is 2.14. The highest BCUT2D eigenvalue weighted by atomic mass is 32.2. The van der Waals surface area contributed by atoms with Crippen LogP contribution in [0.2, 0.25) is 0 Å². The van der Waals surface area contributed by atoms with E-state index in [1.165, 1.54) is 11.8 Å². The maximum absolute atomic E-state index is 9.40. The van der Waals surface area contributed by atoms with E-state index in [0.29, 0.717) is 11.1 Å². The van der Waals surface area contributed by atoms with Crippen LogP contribution in [-0.2, 0) is 0 Å². The molecule has 0 amide bonds. The van der Waals surface area contributed by atoms with Gasteiger partial charge in [-0.05, 0) is 6.92 Å². The van der Waals surface area contributed by atoms with Crippen LogP contribution < -0.4 is 10.6 Å². The number of nitrogen functional groups attached to an aromatic ring is 1. The molecular formula is C9H17N5OS. The smallest absolute Gasteiger partial charge is 0.230 e. The molecule has 2 unspecified atom stereocenters. The molecule has 0 saturated carbocycles. The average Bonchev–Trinajstić information content (AvgIpc) is 2.16. The molecule has 1 heterocycles. The molecule has 1 aromatic rings. The van der Waals surface area contributed by atoms with E-state index in [2.05, 4.69) is 15.0 Å². The highest BCUT2D eigenvalue weighted by Crippen LogP contribution is 2.23. The van der Waals surface area contributed by atoms with Crippen LogP contribution in [0.25, 0.3) is 0 Å². The van der Waals surface area contributed by atoms with Gasteiger partial charge >= 0.3 is 0 Å². The molecule has 90 valence electrons. The van der Waals surface area contributed by atoms with Crippen LogP contribution in [0, 0.1) is 0 Å². The molecule has 0 aliphatic rings. The first-order valence-electron chi connectivity index (χ1n) is 4.93. The summed E-state index contributed by atoms with van der Waals surface area (Å²) in [6.45, 7) is 3.64. The molecule has 0 spiro atoms. The summed E-state index contributed by atoms with van der Waals surface area (Å²) >= 11 is 1.38. The molecule has 3 N–H and O–H groups in total. The molecule has 2 atom stereocenters. The van der Waals surface area contributed by atoms with E-state index in [-0.39, 0.29) is 11.2 Å². The number of anilines is 2. The van der Waals surface area contributed by atoms with Crippen LogP contribution >= 0.6 is 11.8 Å². The Balaban J connectivity index is 2.88. The van der Waals surface area contributed by atoms with Crippen molar-refractivity contribution in [1.82, 2.24) is 15.0 Å². The van der Waals surface area contributed by atoms with Gasteiger partial charge in [0.1, 0.15) is 0 Å². The zero-order chi connectivity index (χ0) is 12.3. The number of aliphatic hydroxyl groups excluding tert-OH is 1. The van der Waals surface area contributed by atoms with Crippen LogP contribution in [-0.4, -0.2) is 45.5 Å². The molecular weight excluding hydrogens is 226 g/mol. The lowest BCUT2D eigenvalue weighted by molar-refractivity contribution is 0.196. The van der Waals surface area contributed by atoms with Crippen molar-refractivity contribution in [2.75, 3.05) is 24.7 Å². The van der Waals surface area contributed by atoms with Crippen molar-refractivity contribution >= 4 is 23.7 Å². The number of thioether (sulfide) groups is 1. The molecule has 0 radical (unpaired) electrons. The predicted octanol–water partition coefficient (Wildman–Crippen LogP) is 0.381. The molecule has 0 aliphatic heterocycles. The van der Waals surface area contributed by atoms with E-state index in [0.717, 1.165) is 0 Å². The topological polar surface area (TPSA) is 88.2 Å². The molecule has 1 aromatic heterocycles. The Morgan fingerprint density at radius 2 is 1.88 bits per heavy atom. The lowest BCUT2D eigenvalue weighted by atomic mass is 10.3. The monoisotopic (exact) mass is 243 g/mol. The van der Waals surface area contributed by atoms with Gasteiger partial charge in [0.05, 0.1) is 6.10 Å². The Morgan fingerprint density at radius 3 is 2.38 bits per heavy atom. The summed E-state index contributed by atoms with van der Waals surface area (Å²) < 4.78 is 0. The molecule has 7 heteroatoms. The predicted molar refractivity (Wildman–Crippen MR) is 65.6 cm³/mol. The van der Waals surface area contributed by atoms with Crippen molar-refractivity contribution in [1.29, 1.82) is 0 Å². The van der Waals surface area contributed by atoms with Gasteiger partial charge in [-0.15, -0.1) is 0 Å². The van der Waals surface area contributed by atoms with E-state index in [1.807, 2.05) is 21.0 Å². The third-order valence-corrected chi connectivity index (χ3v) is 3.15. The summed E-state index contributed by atoms with van der Waals surface area (Å²) in [7, 11) is 3.67. The van der Waals surface area contributed by atoms with E-state index >= 15 is 0 Å². The van der Waals surface area contributed by atoms with Crippen LogP contribution in [0.1, 0.15) is 13.8 Å². The summed E-state index contributed by atoms with van der Waals surface area (Å²) in [6.07, 6.45) is -0.425. The summed E-state index contributed by atoms with van der Waals surface area (Å²) in [4.78, 5) is 14.0. The number of rotatable bonds is 4. The van der Waals surface area contributed by atoms with E-state index in [9.17, 15) is 5.11 Å². The number of hydrogen-bond donors (Lipinski definition) is 2. The van der Waals surface area contributed by atoms with Gasteiger partial charge in [0.25, 0.3) is 0 Å². The quantitative estimate of drug-likeness (QED) is 0.739. The number of aliphatic hydroxyl groups is 1. The first kappa shape index (κ1) is 13.0. The summed E-state index contributed by atoms with van der Waals surface area (Å²) in [6, 6.07) is 0. The number of aromatic nitrogens is 3. The highest BCUT2D eigenvalue weighted by molar-refractivity contribution is 7.99. The molecule has 16 heavy (non-hydrogen) atoms. The zero-order valence-corrected chi connectivity index (χ0v) is 10.7. The molecule has 0 aliphatic carbocycles. The fraction of sp³-hybridized carbons (Fsp3) is 0.667. The summed E-state index contributed by atoms with van der Waals surface area (Å²) in [5, 5.41) is 9.94. The number of nitrogens with two attached hydrogens (primary N) is 1. The second-order valence-corrected chi connectivity index (χ2v) is 5.08. The van der Waals surface area contributed by atoms with Crippen LogP contribution in [0.4, 0.5) is 11.9 Å². The van der Waals surface area contributed by atoms with Crippen molar-refractivity contribution < 1.29 is 5.11 Å². The molecule has 1 rings (SSSR count). The minimum atomic E-state index is -0.425. The molecule has 0 bridgehead atoms. The normalized spacial score (nSPS) is 14.6. The van der Waals surface area contributed by atoms with E-state index in [4.69, 9.17) is 5.73 Å². The SMILES string of the molecule is CC(O)C(C)Sc1nc(N)nc(N(C)C)n1. The van der Waals surface area contributed by atoms with Crippen molar-refractivity contribution in [2.24, 2.45) is 0 Å². The van der Waals surface area contributed by atoms with Gasteiger partial charge in [-0.25, -0.2) is 0 Å². The van der Waals surface area contributed by atoms with Crippen molar-refractivity contribution in [2.45, 2.75) is 30.4 Å². The van der Waals surface area contributed by atoms with Gasteiger partial charge in [0.2, 0.25) is 11.9 Å². The van der Waals surface area contributed by atoms with Crippen molar-refractivity contribution in [3.05, 3.63) is 0 Å². The Morgan fingerprint density at radius 1 is 1.25 bits per heavy atom. The Kier molecular flexibility index (Phi) is 4.31. The molecule has 0 aromatic carbocycles. The number of hydrogen-bond acceptors (Lipinski definition) is 7. The molecule has 0 fully saturated rings. The third-order valence-electron chi connectivity index (χ3n) is 1.99. The third kappa shape index (κ3) is 3.49. The van der Waals surface area contributed by atoms with E-state index in [1.54, 1.807) is 11.8 Å². The lowest BCUT2D eigenvalue weighted by Gasteiger charge is -2.15. The Labute approximate surface area is 99.3 Å². The largest absolute Gasteiger partial charge is 0.392 e. The van der Waals surface area contributed by atoms with Crippen molar-refractivity contribution in [3.63, 3.8) is 0 Å². The van der Waals surface area contributed by atoms with Crippen LogP contribution in [0.3, 0.4) is 0 Å². The standard InChI is InChI=1S/C9H17N5OS/c1-5(15)6(2)16-9-12-7(10)11-8(13-9)14(3)4/h5-6,15H,1-4H3,(H2,10,11,12,13). The molecule has 0 saturated heterocycles. The van der Waals surface area contributed by atoms with Gasteiger partial charge < -0.3 is 15.7 Å². The van der Waals surface area contributed by atoms with Gasteiger partial charge in [-0.1, -0.05) is 18.7 Å². The lowest BCUT2D eigenvalue weighted by Crippen LogP contribution is -2.18. The maximum atomic E-state index is 9.40. The van der Waals surface area contributed by atoms with Crippen molar-refractivity contribution in [3.8, 4) is 0 Å². The number of nitrogens with zero attached hydrogens (tertiary/aromatic N) is 4.